The van der Waals surface area contributed by atoms with Crippen LogP contribution in [0.4, 0.5) is 0 Å². The first-order chi connectivity index (χ1) is 6.93. The van der Waals surface area contributed by atoms with Crippen LogP contribution in [0.1, 0.15) is 31.1 Å². The summed E-state index contributed by atoms with van der Waals surface area (Å²) in [6.45, 7) is 9.30. The van der Waals surface area contributed by atoms with Gasteiger partial charge in [0.1, 0.15) is 5.60 Å². The van der Waals surface area contributed by atoms with Crippen LogP contribution in [0.2, 0.25) is 0 Å². The topological polar surface area (TPSA) is 26.3 Å². The third-order valence-corrected chi connectivity index (χ3v) is 2.39. The quantitative estimate of drug-likeness (QED) is 0.558. The molecule has 1 aromatic carbocycles. The lowest BCUT2D eigenvalue weighted by Gasteiger charge is -2.25. The van der Waals surface area contributed by atoms with E-state index in [1.807, 2.05) is 39.0 Å². The Morgan fingerprint density at radius 1 is 1.27 bits per heavy atom. The van der Waals surface area contributed by atoms with E-state index in [4.69, 9.17) is 4.74 Å². The number of benzene rings is 1. The number of rotatable bonds is 3. The van der Waals surface area contributed by atoms with Crippen molar-refractivity contribution < 1.29 is 9.53 Å². The third-order valence-electron chi connectivity index (χ3n) is 2.39. The van der Waals surface area contributed by atoms with Gasteiger partial charge in [0.15, 0.2) is 0 Å². The lowest BCUT2D eigenvalue weighted by atomic mass is 10.0. The molecule has 0 aromatic heterocycles. The predicted octanol–water partition coefficient (Wildman–Crippen LogP) is 3.20. The molecule has 0 aliphatic heterocycles. The molecule has 0 aliphatic rings. The molecule has 0 atom stereocenters. The molecule has 1 rings (SSSR count). The Kier molecular flexibility index (Phi) is 3.30. The molecule has 0 spiro atoms. The lowest BCUT2D eigenvalue weighted by Crippen LogP contribution is -2.28. The van der Waals surface area contributed by atoms with Crippen molar-refractivity contribution in [1.82, 2.24) is 0 Å². The van der Waals surface area contributed by atoms with Crippen molar-refractivity contribution in [2.45, 2.75) is 26.4 Å². The summed E-state index contributed by atoms with van der Waals surface area (Å²) < 4.78 is 5.35. The molecule has 15 heavy (non-hydrogen) atoms. The maximum Gasteiger partial charge on any atom is 0.338 e. The second-order valence-electron chi connectivity index (χ2n) is 4.05. The lowest BCUT2D eigenvalue weighted by molar-refractivity contribution is 0.0135. The Labute approximate surface area is 90.6 Å². The van der Waals surface area contributed by atoms with Crippen molar-refractivity contribution in [3.63, 3.8) is 0 Å². The minimum atomic E-state index is -0.618. The first-order valence-electron chi connectivity index (χ1n) is 4.88. The standard InChI is InChI=1S/C13H16O2/c1-10(2)13(3,4)15-12(14)11-8-6-5-7-9-11/h5-9H,1H2,2-4H3. The van der Waals surface area contributed by atoms with Crippen LogP contribution in [0.15, 0.2) is 42.5 Å². The molecule has 0 heterocycles. The van der Waals surface area contributed by atoms with Gasteiger partial charge in [0.05, 0.1) is 5.56 Å². The minimum Gasteiger partial charge on any atom is -0.452 e. The molecule has 0 bridgehead atoms. The van der Waals surface area contributed by atoms with Gasteiger partial charge < -0.3 is 4.74 Å². The molecule has 0 amide bonds. The molecule has 0 aliphatic carbocycles. The minimum absolute atomic E-state index is 0.316. The SMILES string of the molecule is C=C(C)C(C)(C)OC(=O)c1ccccc1. The number of carbonyl (C=O) groups is 1. The van der Waals surface area contributed by atoms with E-state index in [-0.39, 0.29) is 5.97 Å². The normalized spacial score (nSPS) is 10.9. The first-order valence-corrected chi connectivity index (χ1v) is 4.88. The van der Waals surface area contributed by atoms with E-state index in [0.29, 0.717) is 5.56 Å². The predicted molar refractivity (Wildman–Crippen MR) is 60.8 cm³/mol. The Morgan fingerprint density at radius 3 is 2.27 bits per heavy atom. The summed E-state index contributed by atoms with van der Waals surface area (Å²) >= 11 is 0. The Balaban J connectivity index is 2.77. The molecule has 0 unspecified atom stereocenters. The van der Waals surface area contributed by atoms with Crippen LogP contribution in [0.5, 0.6) is 0 Å². The fourth-order valence-corrected chi connectivity index (χ4v) is 0.952. The molecule has 80 valence electrons. The van der Waals surface area contributed by atoms with Crippen LogP contribution >= 0.6 is 0 Å². The van der Waals surface area contributed by atoms with Crippen molar-refractivity contribution in [2.24, 2.45) is 0 Å². The summed E-state index contributed by atoms with van der Waals surface area (Å²) in [6, 6.07) is 8.95. The highest BCUT2D eigenvalue weighted by atomic mass is 16.6. The van der Waals surface area contributed by atoms with Crippen LogP contribution in [-0.4, -0.2) is 11.6 Å². The van der Waals surface area contributed by atoms with Crippen LogP contribution < -0.4 is 0 Å². The van der Waals surface area contributed by atoms with Crippen molar-refractivity contribution in [3.05, 3.63) is 48.0 Å². The van der Waals surface area contributed by atoms with Crippen molar-refractivity contribution >= 4 is 5.97 Å². The average Bonchev–Trinajstić information content (AvgIpc) is 2.18. The van der Waals surface area contributed by atoms with Gasteiger partial charge in [-0.1, -0.05) is 24.8 Å². The molecule has 0 saturated carbocycles. The van der Waals surface area contributed by atoms with E-state index in [2.05, 4.69) is 6.58 Å². The van der Waals surface area contributed by atoms with Gasteiger partial charge >= 0.3 is 5.97 Å². The van der Waals surface area contributed by atoms with Crippen LogP contribution in [0, 0.1) is 0 Å². The molecular formula is C13H16O2. The summed E-state index contributed by atoms with van der Waals surface area (Å²) in [4.78, 5) is 11.7. The van der Waals surface area contributed by atoms with Gasteiger partial charge in [0.2, 0.25) is 0 Å². The zero-order valence-corrected chi connectivity index (χ0v) is 9.41. The van der Waals surface area contributed by atoms with Gasteiger partial charge in [-0.25, -0.2) is 4.79 Å². The van der Waals surface area contributed by atoms with Crippen molar-refractivity contribution in [2.75, 3.05) is 0 Å². The van der Waals surface area contributed by atoms with Gasteiger partial charge in [-0.05, 0) is 38.5 Å². The monoisotopic (exact) mass is 204 g/mol. The maximum absolute atomic E-state index is 11.7. The molecule has 0 N–H and O–H groups in total. The number of hydrogen-bond donors (Lipinski definition) is 0. The van der Waals surface area contributed by atoms with E-state index >= 15 is 0 Å². The van der Waals surface area contributed by atoms with Gasteiger partial charge in [-0.15, -0.1) is 0 Å². The molecule has 2 heteroatoms. The Bertz CT molecular complexity index is 363. The fraction of sp³-hybridized carbons (Fsp3) is 0.308. The Morgan fingerprint density at radius 2 is 1.80 bits per heavy atom. The second-order valence-corrected chi connectivity index (χ2v) is 4.05. The Hall–Kier alpha value is -1.57. The van der Waals surface area contributed by atoms with Crippen molar-refractivity contribution in [3.8, 4) is 0 Å². The van der Waals surface area contributed by atoms with E-state index < -0.39 is 5.60 Å². The zero-order valence-electron chi connectivity index (χ0n) is 9.41. The highest BCUT2D eigenvalue weighted by Crippen LogP contribution is 2.20. The largest absolute Gasteiger partial charge is 0.452 e. The fourth-order valence-electron chi connectivity index (χ4n) is 0.952. The van der Waals surface area contributed by atoms with Gasteiger partial charge in [-0.3, -0.25) is 0 Å². The molecular weight excluding hydrogens is 188 g/mol. The number of carbonyl (C=O) groups excluding carboxylic acids is 1. The summed E-state index contributed by atoms with van der Waals surface area (Å²) in [6.07, 6.45) is 0. The van der Waals surface area contributed by atoms with E-state index in [0.717, 1.165) is 5.57 Å². The third kappa shape index (κ3) is 2.94. The van der Waals surface area contributed by atoms with Crippen LogP contribution in [0.3, 0.4) is 0 Å². The first kappa shape index (κ1) is 11.5. The molecule has 0 saturated heterocycles. The highest BCUT2D eigenvalue weighted by molar-refractivity contribution is 5.89. The van der Waals surface area contributed by atoms with Crippen molar-refractivity contribution in [1.29, 1.82) is 0 Å². The maximum atomic E-state index is 11.7. The molecule has 1 aromatic rings. The average molecular weight is 204 g/mol. The highest BCUT2D eigenvalue weighted by Gasteiger charge is 2.24. The van der Waals surface area contributed by atoms with Gasteiger partial charge in [0.25, 0.3) is 0 Å². The molecule has 2 nitrogen and oxygen atoms in total. The summed E-state index contributed by atoms with van der Waals surface area (Å²) in [5.74, 6) is -0.316. The second kappa shape index (κ2) is 4.30. The number of esters is 1. The van der Waals surface area contributed by atoms with Gasteiger partial charge in [0, 0.05) is 0 Å². The van der Waals surface area contributed by atoms with E-state index in [9.17, 15) is 4.79 Å². The molecule has 0 fully saturated rings. The number of ether oxygens (including phenoxy) is 1. The van der Waals surface area contributed by atoms with E-state index in [1.54, 1.807) is 12.1 Å². The van der Waals surface area contributed by atoms with Crippen LogP contribution in [0.25, 0.3) is 0 Å². The summed E-state index contributed by atoms with van der Waals surface area (Å²) in [7, 11) is 0. The number of hydrogen-bond acceptors (Lipinski definition) is 2. The zero-order chi connectivity index (χ0) is 11.5. The summed E-state index contributed by atoms with van der Waals surface area (Å²) in [5, 5.41) is 0. The van der Waals surface area contributed by atoms with Gasteiger partial charge in [-0.2, -0.15) is 0 Å². The summed E-state index contributed by atoms with van der Waals surface area (Å²) in [5.41, 5.74) is 0.769. The molecule has 0 radical (unpaired) electrons. The van der Waals surface area contributed by atoms with E-state index in [1.165, 1.54) is 0 Å². The smallest absolute Gasteiger partial charge is 0.338 e. The van der Waals surface area contributed by atoms with Crippen LogP contribution in [-0.2, 0) is 4.74 Å².